The molecule has 28 heavy (non-hydrogen) atoms. The van der Waals surface area contributed by atoms with E-state index in [2.05, 4.69) is 5.32 Å². The molecule has 2 aromatic rings. The second kappa shape index (κ2) is 8.51. The highest BCUT2D eigenvalue weighted by molar-refractivity contribution is 5.94. The highest BCUT2D eigenvalue weighted by atomic mass is 16.7. The summed E-state index contributed by atoms with van der Waals surface area (Å²) >= 11 is 0. The lowest BCUT2D eigenvalue weighted by Crippen LogP contribution is -2.35. The quantitative estimate of drug-likeness (QED) is 0.729. The van der Waals surface area contributed by atoms with Gasteiger partial charge in [0.2, 0.25) is 6.79 Å². The van der Waals surface area contributed by atoms with Gasteiger partial charge in [0.1, 0.15) is 17.1 Å². The smallest absolute Gasteiger partial charge is 0.342 e. The first-order valence-electron chi connectivity index (χ1n) is 8.61. The Balaban J connectivity index is 1.57. The number of hydrogen-bond donors (Lipinski definition) is 1. The van der Waals surface area contributed by atoms with E-state index in [-0.39, 0.29) is 18.9 Å². The van der Waals surface area contributed by atoms with Crippen molar-refractivity contribution in [3.8, 4) is 23.0 Å². The topological polar surface area (TPSA) is 92.3 Å². The van der Waals surface area contributed by atoms with Crippen LogP contribution in [0.1, 0.15) is 22.8 Å². The summed E-state index contributed by atoms with van der Waals surface area (Å²) in [6.07, 6.45) is -0.978. The molecular weight excluding hydrogens is 366 g/mol. The summed E-state index contributed by atoms with van der Waals surface area (Å²) in [5, 5.41) is 2.73. The highest BCUT2D eigenvalue weighted by Crippen LogP contribution is 2.32. The molecule has 1 amide bonds. The average Bonchev–Trinajstić information content (AvgIpc) is 3.19. The summed E-state index contributed by atoms with van der Waals surface area (Å²) < 4.78 is 26.1. The van der Waals surface area contributed by atoms with E-state index in [1.165, 1.54) is 27.2 Å². The van der Waals surface area contributed by atoms with Gasteiger partial charge in [0.05, 0.1) is 14.2 Å². The van der Waals surface area contributed by atoms with Crippen molar-refractivity contribution in [2.24, 2.45) is 0 Å². The van der Waals surface area contributed by atoms with Crippen LogP contribution in [0.3, 0.4) is 0 Å². The maximum Gasteiger partial charge on any atom is 0.342 e. The van der Waals surface area contributed by atoms with E-state index in [1.54, 1.807) is 24.3 Å². The fourth-order valence-corrected chi connectivity index (χ4v) is 2.63. The zero-order valence-corrected chi connectivity index (χ0v) is 15.8. The van der Waals surface area contributed by atoms with Gasteiger partial charge in [0, 0.05) is 12.6 Å². The second-order valence-corrected chi connectivity index (χ2v) is 6.02. The first-order valence-corrected chi connectivity index (χ1v) is 8.61. The van der Waals surface area contributed by atoms with E-state index in [1.807, 2.05) is 6.07 Å². The molecule has 1 heterocycles. The number of carbonyl (C=O) groups excluding carboxylic acids is 2. The van der Waals surface area contributed by atoms with Gasteiger partial charge in [0.25, 0.3) is 5.91 Å². The SMILES string of the molecule is COc1ccc(C(=O)O[C@@H](C)C(=O)NCc2ccc3c(c2)OCO3)c(OC)c1. The number of hydrogen-bond acceptors (Lipinski definition) is 7. The molecular formula is C20H21NO7. The van der Waals surface area contributed by atoms with Gasteiger partial charge < -0.3 is 29.0 Å². The van der Waals surface area contributed by atoms with E-state index >= 15 is 0 Å². The van der Waals surface area contributed by atoms with E-state index < -0.39 is 18.0 Å². The summed E-state index contributed by atoms with van der Waals surface area (Å²) in [5.74, 6) is 1.08. The number of methoxy groups -OCH3 is 2. The number of carbonyl (C=O) groups is 2. The summed E-state index contributed by atoms with van der Waals surface area (Å²) in [4.78, 5) is 24.7. The van der Waals surface area contributed by atoms with Gasteiger partial charge in [-0.2, -0.15) is 0 Å². The Morgan fingerprint density at radius 2 is 1.86 bits per heavy atom. The normalized spacial score (nSPS) is 12.8. The molecule has 0 fully saturated rings. The van der Waals surface area contributed by atoms with Crippen molar-refractivity contribution in [3.63, 3.8) is 0 Å². The van der Waals surface area contributed by atoms with Crippen molar-refractivity contribution in [3.05, 3.63) is 47.5 Å². The van der Waals surface area contributed by atoms with Crippen molar-refractivity contribution < 1.29 is 33.3 Å². The summed E-state index contributed by atoms with van der Waals surface area (Å²) in [7, 11) is 2.95. The molecule has 8 nitrogen and oxygen atoms in total. The summed E-state index contributed by atoms with van der Waals surface area (Å²) in [5.41, 5.74) is 1.05. The number of benzene rings is 2. The predicted octanol–water partition coefficient (Wildman–Crippen LogP) is 2.29. The van der Waals surface area contributed by atoms with Crippen molar-refractivity contribution >= 4 is 11.9 Å². The van der Waals surface area contributed by atoms with E-state index in [0.717, 1.165) is 5.56 Å². The lowest BCUT2D eigenvalue weighted by atomic mass is 10.2. The van der Waals surface area contributed by atoms with Crippen LogP contribution in [-0.2, 0) is 16.1 Å². The van der Waals surface area contributed by atoms with Gasteiger partial charge in [0.15, 0.2) is 17.6 Å². The zero-order chi connectivity index (χ0) is 20.1. The molecule has 0 unspecified atom stereocenters. The number of amides is 1. The largest absolute Gasteiger partial charge is 0.497 e. The van der Waals surface area contributed by atoms with Gasteiger partial charge in [-0.15, -0.1) is 0 Å². The third-order valence-corrected chi connectivity index (χ3v) is 4.19. The molecule has 0 aromatic heterocycles. The fourth-order valence-electron chi connectivity index (χ4n) is 2.63. The minimum Gasteiger partial charge on any atom is -0.497 e. The molecule has 1 aliphatic heterocycles. The summed E-state index contributed by atoms with van der Waals surface area (Å²) in [6, 6.07) is 10.1. The molecule has 148 valence electrons. The number of esters is 1. The molecule has 2 aromatic carbocycles. The molecule has 0 saturated heterocycles. The Hall–Kier alpha value is -3.42. The molecule has 1 aliphatic rings. The molecule has 3 rings (SSSR count). The van der Waals surface area contributed by atoms with Crippen molar-refractivity contribution in [2.45, 2.75) is 19.6 Å². The van der Waals surface area contributed by atoms with Crippen molar-refractivity contribution in [1.29, 1.82) is 0 Å². The Morgan fingerprint density at radius 1 is 1.07 bits per heavy atom. The van der Waals surface area contributed by atoms with Crippen LogP contribution in [-0.4, -0.2) is 39.0 Å². The number of nitrogens with one attached hydrogen (secondary N) is 1. The van der Waals surface area contributed by atoms with Gasteiger partial charge >= 0.3 is 5.97 Å². The minimum absolute atomic E-state index is 0.187. The minimum atomic E-state index is -0.978. The van der Waals surface area contributed by atoms with Crippen LogP contribution in [0.25, 0.3) is 0 Å². The lowest BCUT2D eigenvalue weighted by Gasteiger charge is -2.15. The van der Waals surface area contributed by atoms with E-state index in [0.29, 0.717) is 23.0 Å². The second-order valence-electron chi connectivity index (χ2n) is 6.02. The van der Waals surface area contributed by atoms with Crippen LogP contribution in [0.4, 0.5) is 0 Å². The van der Waals surface area contributed by atoms with Gasteiger partial charge in [-0.1, -0.05) is 6.07 Å². The van der Waals surface area contributed by atoms with Crippen LogP contribution in [0.15, 0.2) is 36.4 Å². The van der Waals surface area contributed by atoms with Gasteiger partial charge in [-0.3, -0.25) is 4.79 Å². The third kappa shape index (κ3) is 4.28. The monoisotopic (exact) mass is 387 g/mol. The van der Waals surface area contributed by atoms with Crippen LogP contribution in [0, 0.1) is 0 Å². The third-order valence-electron chi connectivity index (χ3n) is 4.19. The van der Waals surface area contributed by atoms with Crippen LogP contribution >= 0.6 is 0 Å². The highest BCUT2D eigenvalue weighted by Gasteiger charge is 2.22. The van der Waals surface area contributed by atoms with Gasteiger partial charge in [-0.25, -0.2) is 4.79 Å². The molecule has 0 spiro atoms. The van der Waals surface area contributed by atoms with Crippen LogP contribution < -0.4 is 24.3 Å². The van der Waals surface area contributed by atoms with E-state index in [9.17, 15) is 9.59 Å². The Kier molecular flexibility index (Phi) is 5.88. The first-order chi connectivity index (χ1) is 13.5. The molecule has 0 bridgehead atoms. The molecule has 0 aliphatic carbocycles. The molecule has 0 saturated carbocycles. The first kappa shape index (κ1) is 19.3. The Morgan fingerprint density at radius 3 is 2.61 bits per heavy atom. The number of ether oxygens (including phenoxy) is 5. The maximum atomic E-state index is 12.4. The van der Waals surface area contributed by atoms with Crippen molar-refractivity contribution in [1.82, 2.24) is 5.32 Å². The number of rotatable bonds is 7. The van der Waals surface area contributed by atoms with E-state index in [4.69, 9.17) is 23.7 Å². The Labute approximate surface area is 162 Å². The lowest BCUT2D eigenvalue weighted by molar-refractivity contribution is -0.129. The Bertz CT molecular complexity index is 881. The average molecular weight is 387 g/mol. The summed E-state index contributed by atoms with van der Waals surface area (Å²) in [6.45, 7) is 1.96. The molecule has 0 radical (unpaired) electrons. The number of fused-ring (bicyclic) bond motifs is 1. The fraction of sp³-hybridized carbons (Fsp3) is 0.300. The standard InChI is InChI=1S/C20H21NO7/c1-12(28-20(23)15-6-5-14(24-2)9-17(15)25-3)19(22)21-10-13-4-7-16-18(8-13)27-11-26-16/h4-9,12H,10-11H2,1-3H3,(H,21,22)/t12-/m0/s1. The van der Waals surface area contributed by atoms with Gasteiger partial charge in [-0.05, 0) is 36.8 Å². The molecule has 1 N–H and O–H groups in total. The molecule has 1 atom stereocenters. The van der Waals surface area contributed by atoms with Crippen LogP contribution in [0.2, 0.25) is 0 Å². The predicted molar refractivity (Wildman–Crippen MR) is 98.8 cm³/mol. The van der Waals surface area contributed by atoms with Crippen molar-refractivity contribution in [2.75, 3.05) is 21.0 Å². The maximum absolute atomic E-state index is 12.4. The zero-order valence-electron chi connectivity index (χ0n) is 15.8. The molecule has 8 heteroatoms. The van der Waals surface area contributed by atoms with Crippen LogP contribution in [0.5, 0.6) is 23.0 Å².